The molecular weight excluding hydrogens is 202 g/mol. The van der Waals surface area contributed by atoms with Gasteiger partial charge in [0.25, 0.3) is 0 Å². The van der Waals surface area contributed by atoms with Crippen LogP contribution in [0.15, 0.2) is 0 Å². The fourth-order valence-corrected chi connectivity index (χ4v) is 2.30. The van der Waals surface area contributed by atoms with E-state index in [-0.39, 0.29) is 11.9 Å². The van der Waals surface area contributed by atoms with Crippen LogP contribution < -0.4 is 11.1 Å². The lowest BCUT2D eigenvalue weighted by Crippen LogP contribution is -2.49. The zero-order chi connectivity index (χ0) is 12.1. The summed E-state index contributed by atoms with van der Waals surface area (Å²) in [5.41, 5.74) is 5.77. The van der Waals surface area contributed by atoms with Gasteiger partial charge in [-0.2, -0.15) is 0 Å². The largest absolute Gasteiger partial charge is 0.359 e. The van der Waals surface area contributed by atoms with Crippen molar-refractivity contribution in [1.82, 2.24) is 10.2 Å². The summed E-state index contributed by atoms with van der Waals surface area (Å²) in [5.74, 6) is 1.57. The highest BCUT2D eigenvalue weighted by Crippen LogP contribution is 2.24. The monoisotopic (exact) mass is 227 g/mol. The molecule has 1 aliphatic rings. The molecular formula is C12H25N3O. The molecule has 0 saturated carbocycles. The first kappa shape index (κ1) is 13.5. The zero-order valence-corrected chi connectivity index (χ0v) is 10.7. The second kappa shape index (κ2) is 6.21. The van der Waals surface area contributed by atoms with Gasteiger partial charge in [0.1, 0.15) is 0 Å². The summed E-state index contributed by atoms with van der Waals surface area (Å²) in [6.45, 7) is 7.29. The molecule has 1 saturated heterocycles. The molecule has 1 rings (SSSR count). The minimum Gasteiger partial charge on any atom is -0.359 e. The Morgan fingerprint density at radius 2 is 2.19 bits per heavy atom. The minimum absolute atomic E-state index is 0.0849. The van der Waals surface area contributed by atoms with Gasteiger partial charge >= 0.3 is 0 Å². The number of carbonyl (C=O) groups is 1. The Morgan fingerprint density at radius 1 is 1.50 bits per heavy atom. The lowest BCUT2D eigenvalue weighted by molar-refractivity contribution is -0.122. The molecule has 0 radical (unpaired) electrons. The van der Waals surface area contributed by atoms with E-state index in [0.717, 1.165) is 19.0 Å². The highest BCUT2D eigenvalue weighted by Gasteiger charge is 2.27. The van der Waals surface area contributed by atoms with Gasteiger partial charge in [0.15, 0.2) is 0 Å². The van der Waals surface area contributed by atoms with Gasteiger partial charge < -0.3 is 11.1 Å². The van der Waals surface area contributed by atoms with Crippen LogP contribution in [0.2, 0.25) is 0 Å². The van der Waals surface area contributed by atoms with Gasteiger partial charge in [-0.05, 0) is 24.8 Å². The quantitative estimate of drug-likeness (QED) is 0.732. The summed E-state index contributed by atoms with van der Waals surface area (Å²) in [6.07, 6.45) is 1.74. The predicted octanol–water partition coefficient (Wildman–Crippen LogP) is 0.428. The van der Waals surface area contributed by atoms with Gasteiger partial charge in [-0.1, -0.05) is 13.8 Å². The van der Waals surface area contributed by atoms with E-state index in [4.69, 9.17) is 5.73 Å². The molecule has 1 aliphatic heterocycles. The van der Waals surface area contributed by atoms with Gasteiger partial charge in [0, 0.05) is 32.6 Å². The number of carbonyl (C=O) groups excluding carboxylic acids is 1. The molecule has 0 bridgehead atoms. The summed E-state index contributed by atoms with van der Waals surface area (Å²) in [6, 6.07) is 0.204. The van der Waals surface area contributed by atoms with Crippen molar-refractivity contribution in [2.75, 3.05) is 26.7 Å². The van der Waals surface area contributed by atoms with Crippen LogP contribution in [0.3, 0.4) is 0 Å². The molecule has 4 nitrogen and oxygen atoms in total. The predicted molar refractivity (Wildman–Crippen MR) is 66.0 cm³/mol. The Kier molecular flexibility index (Phi) is 5.22. The second-order valence-corrected chi connectivity index (χ2v) is 5.01. The number of hydrogen-bond donors (Lipinski definition) is 2. The van der Waals surface area contributed by atoms with E-state index in [1.165, 1.54) is 6.42 Å². The molecule has 0 aliphatic carbocycles. The first-order valence-electron chi connectivity index (χ1n) is 6.23. The van der Waals surface area contributed by atoms with Gasteiger partial charge in [-0.3, -0.25) is 9.69 Å². The van der Waals surface area contributed by atoms with Crippen LogP contribution in [-0.4, -0.2) is 43.5 Å². The average Bonchev–Trinajstić information content (AvgIpc) is 2.29. The molecule has 0 spiro atoms. The van der Waals surface area contributed by atoms with Gasteiger partial charge in [-0.25, -0.2) is 0 Å². The Morgan fingerprint density at radius 3 is 2.69 bits per heavy atom. The van der Waals surface area contributed by atoms with Crippen molar-refractivity contribution in [3.63, 3.8) is 0 Å². The van der Waals surface area contributed by atoms with E-state index in [9.17, 15) is 4.79 Å². The van der Waals surface area contributed by atoms with Crippen LogP contribution in [0.4, 0.5) is 0 Å². The lowest BCUT2D eigenvalue weighted by atomic mass is 9.87. The van der Waals surface area contributed by atoms with Crippen LogP contribution in [-0.2, 0) is 4.79 Å². The van der Waals surface area contributed by atoms with E-state index in [2.05, 4.69) is 24.1 Å². The summed E-state index contributed by atoms with van der Waals surface area (Å²) < 4.78 is 0. The number of nitrogens with one attached hydrogen (secondary N) is 1. The minimum atomic E-state index is 0.0849. The Bertz CT molecular complexity index is 232. The molecule has 3 unspecified atom stereocenters. The second-order valence-electron chi connectivity index (χ2n) is 5.01. The molecule has 0 aromatic carbocycles. The number of piperidine rings is 1. The van der Waals surface area contributed by atoms with E-state index < -0.39 is 0 Å². The Hall–Kier alpha value is -0.610. The number of likely N-dealkylation sites (tertiary alicyclic amines) is 1. The summed E-state index contributed by atoms with van der Waals surface area (Å²) >= 11 is 0. The summed E-state index contributed by atoms with van der Waals surface area (Å²) in [5, 5.41) is 2.67. The number of rotatable bonds is 4. The first-order chi connectivity index (χ1) is 7.58. The van der Waals surface area contributed by atoms with Gasteiger partial charge in [-0.15, -0.1) is 0 Å². The van der Waals surface area contributed by atoms with Gasteiger partial charge in [0.05, 0.1) is 0 Å². The first-order valence-corrected chi connectivity index (χ1v) is 6.23. The third-order valence-corrected chi connectivity index (χ3v) is 3.85. The molecule has 3 N–H and O–H groups in total. The molecule has 16 heavy (non-hydrogen) atoms. The molecule has 4 heteroatoms. The van der Waals surface area contributed by atoms with E-state index in [0.29, 0.717) is 18.9 Å². The Balaban J connectivity index is 2.50. The van der Waals surface area contributed by atoms with E-state index >= 15 is 0 Å². The number of hydrogen-bond acceptors (Lipinski definition) is 3. The van der Waals surface area contributed by atoms with Crippen LogP contribution in [0, 0.1) is 11.8 Å². The topological polar surface area (TPSA) is 58.4 Å². The molecule has 1 heterocycles. The van der Waals surface area contributed by atoms with Crippen molar-refractivity contribution in [3.8, 4) is 0 Å². The van der Waals surface area contributed by atoms with Crippen LogP contribution in [0.25, 0.3) is 0 Å². The SMILES string of the molecule is CNC(=O)CC(CN)N1CCC(C)C(C)C1. The molecule has 94 valence electrons. The molecule has 0 aromatic heterocycles. The summed E-state index contributed by atoms with van der Waals surface area (Å²) in [7, 11) is 1.68. The van der Waals surface area contributed by atoms with Crippen molar-refractivity contribution >= 4 is 5.91 Å². The summed E-state index contributed by atoms with van der Waals surface area (Å²) in [4.78, 5) is 13.8. The standard InChI is InChI=1S/C12H25N3O/c1-9-4-5-15(8-10(9)2)11(7-13)6-12(16)14-3/h9-11H,4-8,13H2,1-3H3,(H,14,16). The fourth-order valence-electron chi connectivity index (χ4n) is 2.30. The normalized spacial score (nSPS) is 28.8. The number of nitrogens with two attached hydrogens (primary N) is 1. The third kappa shape index (κ3) is 3.46. The number of nitrogens with zero attached hydrogens (tertiary/aromatic N) is 1. The van der Waals surface area contributed by atoms with E-state index in [1.54, 1.807) is 7.05 Å². The maximum absolute atomic E-state index is 11.4. The molecule has 1 fully saturated rings. The maximum Gasteiger partial charge on any atom is 0.221 e. The molecule has 0 aromatic rings. The Labute approximate surface area is 98.6 Å². The van der Waals surface area contributed by atoms with Crippen molar-refractivity contribution in [1.29, 1.82) is 0 Å². The molecule has 1 amide bonds. The highest BCUT2D eigenvalue weighted by atomic mass is 16.1. The van der Waals surface area contributed by atoms with Crippen molar-refractivity contribution in [2.45, 2.75) is 32.7 Å². The van der Waals surface area contributed by atoms with Crippen molar-refractivity contribution in [3.05, 3.63) is 0 Å². The van der Waals surface area contributed by atoms with Crippen LogP contribution in [0.5, 0.6) is 0 Å². The average molecular weight is 227 g/mol. The lowest BCUT2D eigenvalue weighted by Gasteiger charge is -2.39. The molecule has 3 atom stereocenters. The van der Waals surface area contributed by atoms with Crippen molar-refractivity contribution in [2.24, 2.45) is 17.6 Å². The third-order valence-electron chi connectivity index (χ3n) is 3.85. The van der Waals surface area contributed by atoms with E-state index in [1.807, 2.05) is 0 Å². The smallest absolute Gasteiger partial charge is 0.221 e. The zero-order valence-electron chi connectivity index (χ0n) is 10.7. The highest BCUT2D eigenvalue weighted by molar-refractivity contribution is 5.76. The maximum atomic E-state index is 11.4. The van der Waals surface area contributed by atoms with Crippen LogP contribution in [0.1, 0.15) is 26.7 Å². The van der Waals surface area contributed by atoms with Gasteiger partial charge in [0.2, 0.25) is 5.91 Å². The fraction of sp³-hybridized carbons (Fsp3) is 0.917. The van der Waals surface area contributed by atoms with Crippen molar-refractivity contribution < 1.29 is 4.79 Å². The number of amides is 1. The van der Waals surface area contributed by atoms with Crippen LogP contribution >= 0.6 is 0 Å².